The fourth-order valence-electron chi connectivity index (χ4n) is 0.244. The van der Waals surface area contributed by atoms with Crippen molar-refractivity contribution in [1.82, 2.24) is 0 Å². The van der Waals surface area contributed by atoms with Crippen LogP contribution in [0, 0.1) is 6.92 Å². The van der Waals surface area contributed by atoms with Gasteiger partial charge in [0, 0.05) is 7.11 Å². The van der Waals surface area contributed by atoms with Gasteiger partial charge in [-0.2, -0.15) is 0 Å². The Morgan fingerprint density at radius 3 is 2.57 bits per heavy atom. The summed E-state index contributed by atoms with van der Waals surface area (Å²) in [5.74, 6) is 0. The first kappa shape index (κ1) is 6.92. The van der Waals surface area contributed by atoms with E-state index in [2.05, 4.69) is 6.92 Å². The average Bonchev–Trinajstić information content (AvgIpc) is 1.69. The van der Waals surface area contributed by atoms with Gasteiger partial charge in [0.1, 0.15) is 0 Å². The molecule has 0 bridgehead atoms. The third-order valence-corrected chi connectivity index (χ3v) is 0.576. The molecule has 0 N–H and O–H groups in total. The molecule has 0 spiro atoms. The highest BCUT2D eigenvalue weighted by molar-refractivity contribution is 4.30. The van der Waals surface area contributed by atoms with Crippen molar-refractivity contribution in [1.29, 1.82) is 0 Å². The van der Waals surface area contributed by atoms with Crippen LogP contribution in [-0.2, 0) is 9.47 Å². The van der Waals surface area contributed by atoms with Crippen LogP contribution in [0.4, 0.5) is 0 Å². The van der Waals surface area contributed by atoms with Gasteiger partial charge in [0.05, 0.1) is 13.2 Å². The number of hydrogen-bond donors (Lipinski definition) is 0. The second-order valence-corrected chi connectivity index (χ2v) is 1.11. The molecule has 0 unspecified atom stereocenters. The lowest BCUT2D eigenvalue weighted by Gasteiger charge is -1.99. The fraction of sp³-hybridized carbons (Fsp3) is 0.800. The highest BCUT2D eigenvalue weighted by Gasteiger charge is 1.75. The molecule has 2 heteroatoms. The Labute approximate surface area is 44.4 Å². The smallest absolute Gasteiger partial charge is 0.0695 e. The van der Waals surface area contributed by atoms with Crippen molar-refractivity contribution in [2.75, 3.05) is 26.9 Å². The molecule has 0 aromatic carbocycles. The van der Waals surface area contributed by atoms with E-state index in [1.54, 1.807) is 7.11 Å². The molecule has 0 aliphatic heterocycles. The van der Waals surface area contributed by atoms with Gasteiger partial charge in [0.15, 0.2) is 0 Å². The van der Waals surface area contributed by atoms with E-state index < -0.39 is 0 Å². The fourth-order valence-corrected chi connectivity index (χ4v) is 0.244. The molecule has 0 atom stereocenters. The molecule has 0 saturated heterocycles. The summed E-state index contributed by atoms with van der Waals surface area (Å²) in [6.45, 7) is 5.33. The monoisotopic (exact) mass is 103 g/mol. The molecule has 0 aromatic rings. The van der Waals surface area contributed by atoms with Gasteiger partial charge in [-0.25, -0.2) is 0 Å². The van der Waals surface area contributed by atoms with Crippen LogP contribution in [0.25, 0.3) is 0 Å². The molecule has 0 fully saturated rings. The first-order valence-electron chi connectivity index (χ1n) is 2.27. The van der Waals surface area contributed by atoms with Gasteiger partial charge in [-0.3, -0.25) is 0 Å². The van der Waals surface area contributed by atoms with Crippen LogP contribution in [-0.4, -0.2) is 26.9 Å². The van der Waals surface area contributed by atoms with E-state index in [4.69, 9.17) is 9.47 Å². The van der Waals surface area contributed by atoms with Gasteiger partial charge in [0.2, 0.25) is 0 Å². The van der Waals surface area contributed by atoms with Crippen molar-refractivity contribution in [2.24, 2.45) is 0 Å². The maximum atomic E-state index is 4.84. The van der Waals surface area contributed by atoms with Crippen molar-refractivity contribution >= 4 is 0 Å². The third-order valence-electron chi connectivity index (χ3n) is 0.576. The van der Waals surface area contributed by atoms with Crippen LogP contribution in [0.3, 0.4) is 0 Å². The van der Waals surface area contributed by atoms with E-state index in [1.165, 1.54) is 0 Å². The molecule has 0 rings (SSSR count). The quantitative estimate of drug-likeness (QED) is 0.380. The first-order valence-corrected chi connectivity index (χ1v) is 2.27. The van der Waals surface area contributed by atoms with Crippen LogP contribution in [0.2, 0.25) is 0 Å². The molecule has 0 saturated carbocycles. The minimum absolute atomic E-state index is 0.531. The summed E-state index contributed by atoms with van der Waals surface area (Å²) in [5, 5.41) is 0. The third kappa shape index (κ3) is 5.92. The molecular formula is C5H11O2-. The number of hydrogen-bond acceptors (Lipinski definition) is 2. The summed E-state index contributed by atoms with van der Waals surface area (Å²) in [6.07, 6.45) is 0. The normalized spacial score (nSPS) is 9.43. The lowest BCUT2D eigenvalue weighted by atomic mass is 10.7. The van der Waals surface area contributed by atoms with Crippen molar-refractivity contribution < 1.29 is 9.47 Å². The van der Waals surface area contributed by atoms with E-state index in [1.807, 2.05) is 0 Å². The van der Waals surface area contributed by atoms with Gasteiger partial charge in [-0.1, -0.05) is 6.61 Å². The zero-order chi connectivity index (χ0) is 5.54. The van der Waals surface area contributed by atoms with Gasteiger partial charge < -0.3 is 16.4 Å². The predicted molar refractivity (Wildman–Crippen MR) is 28.1 cm³/mol. The van der Waals surface area contributed by atoms with E-state index in [9.17, 15) is 0 Å². The molecule has 2 nitrogen and oxygen atoms in total. The van der Waals surface area contributed by atoms with Crippen molar-refractivity contribution in [3.8, 4) is 0 Å². The maximum absolute atomic E-state index is 4.84. The largest absolute Gasteiger partial charge is 0.411 e. The van der Waals surface area contributed by atoms with E-state index >= 15 is 0 Å². The Morgan fingerprint density at radius 1 is 1.43 bits per heavy atom. The molecule has 0 heterocycles. The Kier molecular flexibility index (Phi) is 5.85. The average molecular weight is 103 g/mol. The lowest BCUT2D eigenvalue weighted by molar-refractivity contribution is 0.0846. The van der Waals surface area contributed by atoms with E-state index in [-0.39, 0.29) is 0 Å². The summed E-state index contributed by atoms with van der Waals surface area (Å²) < 4.78 is 9.53. The zero-order valence-electron chi connectivity index (χ0n) is 4.64. The molecule has 0 radical (unpaired) electrons. The molecule has 0 aliphatic carbocycles. The van der Waals surface area contributed by atoms with Gasteiger partial charge in [0.25, 0.3) is 0 Å². The molecule has 0 aromatic heterocycles. The van der Waals surface area contributed by atoms with Crippen LogP contribution in [0.1, 0.15) is 0 Å². The lowest BCUT2D eigenvalue weighted by Crippen LogP contribution is -2.00. The Hall–Kier alpha value is -0.0800. The summed E-state index contributed by atoms with van der Waals surface area (Å²) in [7, 11) is 1.65. The second-order valence-electron chi connectivity index (χ2n) is 1.11. The van der Waals surface area contributed by atoms with Crippen LogP contribution < -0.4 is 0 Å². The van der Waals surface area contributed by atoms with Crippen LogP contribution in [0.15, 0.2) is 0 Å². The summed E-state index contributed by atoms with van der Waals surface area (Å²) in [5.41, 5.74) is 0. The standard InChI is InChI=1S/C5H11O2/c1-3-7-5-4-6-2/h1,3-5H2,2H3/q-1. The number of ether oxygens (including phenoxy) is 2. The van der Waals surface area contributed by atoms with Gasteiger partial charge >= 0.3 is 0 Å². The van der Waals surface area contributed by atoms with Crippen molar-refractivity contribution in [3.63, 3.8) is 0 Å². The first-order chi connectivity index (χ1) is 3.41. The van der Waals surface area contributed by atoms with Crippen molar-refractivity contribution in [3.05, 3.63) is 6.92 Å². The molecule has 7 heavy (non-hydrogen) atoms. The number of rotatable bonds is 4. The highest BCUT2D eigenvalue weighted by atomic mass is 16.5. The summed E-state index contributed by atoms with van der Waals surface area (Å²) in [6, 6.07) is 0. The Morgan fingerprint density at radius 2 is 2.14 bits per heavy atom. The van der Waals surface area contributed by atoms with Crippen LogP contribution in [0.5, 0.6) is 0 Å². The number of methoxy groups -OCH3 is 1. The van der Waals surface area contributed by atoms with E-state index in [0.29, 0.717) is 19.8 Å². The molecular weight excluding hydrogens is 92.1 g/mol. The minimum Gasteiger partial charge on any atom is -0.411 e. The molecule has 0 amide bonds. The van der Waals surface area contributed by atoms with Gasteiger partial charge in [-0.15, -0.1) is 0 Å². The highest BCUT2D eigenvalue weighted by Crippen LogP contribution is 1.71. The van der Waals surface area contributed by atoms with Crippen LogP contribution >= 0.6 is 0 Å². The second kappa shape index (κ2) is 5.92. The molecule has 0 aliphatic rings. The zero-order valence-corrected chi connectivity index (χ0v) is 4.64. The summed E-state index contributed by atoms with van der Waals surface area (Å²) in [4.78, 5) is 0. The molecule has 44 valence electrons. The SMILES string of the molecule is [CH2-]COCCOC. The van der Waals surface area contributed by atoms with Crippen molar-refractivity contribution in [2.45, 2.75) is 0 Å². The summed E-state index contributed by atoms with van der Waals surface area (Å²) >= 11 is 0. The Balaban J connectivity index is 2.45. The van der Waals surface area contributed by atoms with E-state index in [0.717, 1.165) is 0 Å². The van der Waals surface area contributed by atoms with Gasteiger partial charge in [-0.05, 0) is 0 Å². The maximum Gasteiger partial charge on any atom is 0.0695 e. The topological polar surface area (TPSA) is 18.5 Å². The minimum atomic E-state index is 0.531. The Bertz CT molecular complexity index is 25.3. The predicted octanol–water partition coefficient (Wildman–Crippen LogP) is 0.483.